The van der Waals surface area contributed by atoms with Crippen molar-refractivity contribution < 1.29 is 14.6 Å². The maximum absolute atomic E-state index is 10.3. The first-order valence-electron chi connectivity index (χ1n) is 3.87. The summed E-state index contributed by atoms with van der Waals surface area (Å²) in [4.78, 5) is 10.3. The fraction of sp³-hybridized carbons (Fsp3) is 0.667. The van der Waals surface area contributed by atoms with Gasteiger partial charge in [0, 0.05) is 5.57 Å². The zero-order chi connectivity index (χ0) is 9.78. The van der Waals surface area contributed by atoms with Gasteiger partial charge in [-0.2, -0.15) is 0 Å². The topological polar surface area (TPSA) is 46.5 Å². The fourth-order valence-electron chi connectivity index (χ4n) is 0.504. The predicted octanol–water partition coefficient (Wildman–Crippen LogP) is 1.83. The van der Waals surface area contributed by atoms with E-state index in [2.05, 4.69) is 0 Å². The van der Waals surface area contributed by atoms with E-state index >= 15 is 0 Å². The molecule has 0 spiro atoms. The van der Waals surface area contributed by atoms with Crippen LogP contribution in [0.2, 0.25) is 0 Å². The summed E-state index contributed by atoms with van der Waals surface area (Å²) in [5, 5.41) is 8.49. The molecule has 0 aliphatic carbocycles. The van der Waals surface area contributed by atoms with Gasteiger partial charge in [0.2, 0.25) is 0 Å². The second-order valence-corrected chi connectivity index (χ2v) is 3.62. The average Bonchev–Trinajstić information content (AvgIpc) is 1.84. The second-order valence-electron chi connectivity index (χ2n) is 3.62. The molecule has 3 nitrogen and oxygen atoms in total. The molecular weight excluding hydrogens is 156 g/mol. The van der Waals surface area contributed by atoms with Crippen molar-refractivity contribution in [1.29, 1.82) is 0 Å². The third-order valence-corrected chi connectivity index (χ3v) is 1.24. The molecule has 12 heavy (non-hydrogen) atoms. The maximum Gasteiger partial charge on any atom is 0.331 e. The highest BCUT2D eigenvalue weighted by molar-refractivity contribution is 5.85. The third-order valence-electron chi connectivity index (χ3n) is 1.24. The molecule has 3 heteroatoms. The predicted molar refractivity (Wildman–Crippen MR) is 47.1 cm³/mol. The van der Waals surface area contributed by atoms with Gasteiger partial charge in [-0.3, -0.25) is 0 Å². The summed E-state index contributed by atoms with van der Waals surface area (Å²) in [7, 11) is 0. The standard InChI is InChI=1S/C9H16O3/c1-7(8(10)11)5-6-12-9(2,3)4/h5H,6H2,1-4H3,(H,10,11). The number of carboxylic acid groups (broad SMARTS) is 1. The van der Waals surface area contributed by atoms with Gasteiger partial charge in [-0.05, 0) is 33.8 Å². The number of hydrogen-bond donors (Lipinski definition) is 1. The number of carbonyl (C=O) groups is 1. The molecule has 0 amide bonds. The summed E-state index contributed by atoms with van der Waals surface area (Å²) in [5.41, 5.74) is 0.106. The van der Waals surface area contributed by atoms with Crippen molar-refractivity contribution >= 4 is 5.97 Å². The second kappa shape index (κ2) is 4.26. The fourth-order valence-corrected chi connectivity index (χ4v) is 0.504. The van der Waals surface area contributed by atoms with Crippen LogP contribution in [0.15, 0.2) is 11.6 Å². The normalized spacial score (nSPS) is 13.2. The Morgan fingerprint density at radius 1 is 1.50 bits per heavy atom. The summed E-state index contributed by atoms with van der Waals surface area (Å²) in [6.45, 7) is 7.68. The van der Waals surface area contributed by atoms with E-state index in [4.69, 9.17) is 9.84 Å². The first-order valence-corrected chi connectivity index (χ1v) is 3.87. The smallest absolute Gasteiger partial charge is 0.331 e. The highest BCUT2D eigenvalue weighted by Gasteiger charge is 2.08. The molecular formula is C9H16O3. The van der Waals surface area contributed by atoms with Gasteiger partial charge in [0.25, 0.3) is 0 Å². The molecule has 0 fully saturated rings. The Hall–Kier alpha value is -0.830. The van der Waals surface area contributed by atoms with Crippen LogP contribution in [0, 0.1) is 0 Å². The molecule has 0 unspecified atom stereocenters. The minimum absolute atomic E-state index is 0.213. The molecule has 0 atom stereocenters. The molecule has 0 aromatic carbocycles. The Bertz CT molecular complexity index is 186. The molecule has 0 saturated carbocycles. The number of ether oxygens (including phenoxy) is 1. The molecule has 0 aromatic heterocycles. The van der Waals surface area contributed by atoms with Crippen molar-refractivity contribution in [3.8, 4) is 0 Å². The van der Waals surface area contributed by atoms with Crippen LogP contribution in [0.1, 0.15) is 27.7 Å². The van der Waals surface area contributed by atoms with Crippen LogP contribution in [0.5, 0.6) is 0 Å². The van der Waals surface area contributed by atoms with Gasteiger partial charge in [0.05, 0.1) is 12.2 Å². The lowest BCUT2D eigenvalue weighted by Gasteiger charge is -2.17. The Morgan fingerprint density at radius 3 is 2.33 bits per heavy atom. The SMILES string of the molecule is CC(=CCOC(C)(C)C)C(=O)O. The number of aliphatic carboxylic acids is 1. The van der Waals surface area contributed by atoms with E-state index < -0.39 is 5.97 Å². The monoisotopic (exact) mass is 172 g/mol. The van der Waals surface area contributed by atoms with Crippen LogP contribution < -0.4 is 0 Å². The molecule has 0 bridgehead atoms. The molecule has 0 aromatic rings. The van der Waals surface area contributed by atoms with Crippen LogP contribution in [-0.2, 0) is 9.53 Å². The van der Waals surface area contributed by atoms with Gasteiger partial charge in [0.15, 0.2) is 0 Å². The van der Waals surface area contributed by atoms with Gasteiger partial charge in [0.1, 0.15) is 0 Å². The molecule has 0 saturated heterocycles. The largest absolute Gasteiger partial charge is 0.478 e. The van der Waals surface area contributed by atoms with Crippen LogP contribution >= 0.6 is 0 Å². The summed E-state index contributed by atoms with van der Waals surface area (Å²) in [6.07, 6.45) is 1.56. The molecule has 0 aliphatic heterocycles. The van der Waals surface area contributed by atoms with Gasteiger partial charge >= 0.3 is 5.97 Å². The van der Waals surface area contributed by atoms with E-state index in [0.29, 0.717) is 12.2 Å². The molecule has 0 radical (unpaired) electrons. The van der Waals surface area contributed by atoms with E-state index in [1.165, 1.54) is 0 Å². The van der Waals surface area contributed by atoms with Crippen molar-refractivity contribution in [3.63, 3.8) is 0 Å². The van der Waals surface area contributed by atoms with E-state index in [1.54, 1.807) is 13.0 Å². The highest BCUT2D eigenvalue weighted by atomic mass is 16.5. The van der Waals surface area contributed by atoms with Gasteiger partial charge < -0.3 is 9.84 Å². The molecule has 70 valence electrons. The molecule has 0 rings (SSSR count). The van der Waals surface area contributed by atoms with E-state index in [-0.39, 0.29) is 5.60 Å². The summed E-state index contributed by atoms with van der Waals surface area (Å²) in [6, 6.07) is 0. The molecule has 0 aliphatic rings. The van der Waals surface area contributed by atoms with Crippen molar-refractivity contribution in [2.75, 3.05) is 6.61 Å². The van der Waals surface area contributed by atoms with Crippen LogP contribution in [-0.4, -0.2) is 23.3 Å². The van der Waals surface area contributed by atoms with Crippen molar-refractivity contribution in [2.24, 2.45) is 0 Å². The summed E-state index contributed by atoms with van der Waals surface area (Å²) >= 11 is 0. The number of rotatable bonds is 3. The lowest BCUT2D eigenvalue weighted by atomic mass is 10.2. The first kappa shape index (κ1) is 11.2. The molecule has 0 heterocycles. The van der Waals surface area contributed by atoms with Crippen LogP contribution in [0.25, 0.3) is 0 Å². The zero-order valence-corrected chi connectivity index (χ0v) is 8.05. The van der Waals surface area contributed by atoms with Crippen molar-refractivity contribution in [2.45, 2.75) is 33.3 Å². The van der Waals surface area contributed by atoms with Crippen LogP contribution in [0.3, 0.4) is 0 Å². The average molecular weight is 172 g/mol. The lowest BCUT2D eigenvalue weighted by Crippen LogP contribution is -2.19. The van der Waals surface area contributed by atoms with Gasteiger partial charge in [-0.25, -0.2) is 4.79 Å². The minimum atomic E-state index is -0.896. The Balaban J connectivity index is 3.83. The maximum atomic E-state index is 10.3. The highest BCUT2D eigenvalue weighted by Crippen LogP contribution is 2.06. The third kappa shape index (κ3) is 5.92. The zero-order valence-electron chi connectivity index (χ0n) is 8.05. The number of carboxylic acids is 1. The van der Waals surface area contributed by atoms with Gasteiger partial charge in [-0.15, -0.1) is 0 Å². The lowest BCUT2D eigenvalue weighted by molar-refractivity contribution is -0.132. The first-order chi connectivity index (χ1) is 5.33. The van der Waals surface area contributed by atoms with Gasteiger partial charge in [-0.1, -0.05) is 0 Å². The Morgan fingerprint density at radius 2 is 2.00 bits per heavy atom. The van der Waals surface area contributed by atoms with E-state index in [0.717, 1.165) is 0 Å². The van der Waals surface area contributed by atoms with E-state index in [9.17, 15) is 4.79 Å². The number of hydrogen-bond acceptors (Lipinski definition) is 2. The quantitative estimate of drug-likeness (QED) is 0.660. The van der Waals surface area contributed by atoms with E-state index in [1.807, 2.05) is 20.8 Å². The molecule has 1 N–H and O–H groups in total. The Kier molecular flexibility index (Phi) is 3.96. The summed E-state index contributed by atoms with van der Waals surface area (Å²) in [5.74, 6) is -0.896. The Labute approximate surface area is 73.0 Å². The van der Waals surface area contributed by atoms with Crippen LogP contribution in [0.4, 0.5) is 0 Å². The minimum Gasteiger partial charge on any atom is -0.478 e. The summed E-state index contributed by atoms with van der Waals surface area (Å²) < 4.78 is 5.31. The van der Waals surface area contributed by atoms with Crippen molar-refractivity contribution in [3.05, 3.63) is 11.6 Å². The van der Waals surface area contributed by atoms with Crippen molar-refractivity contribution in [1.82, 2.24) is 0 Å².